The van der Waals surface area contributed by atoms with Crippen molar-refractivity contribution in [2.75, 3.05) is 14.2 Å². The zero-order chi connectivity index (χ0) is 24.8. The van der Waals surface area contributed by atoms with Crippen molar-refractivity contribution in [3.05, 3.63) is 100 Å². The van der Waals surface area contributed by atoms with Gasteiger partial charge in [-0.3, -0.25) is 4.79 Å². The van der Waals surface area contributed by atoms with Crippen LogP contribution in [0.5, 0.6) is 17.2 Å². The lowest BCUT2D eigenvalue weighted by Crippen LogP contribution is -2.17. The molecular formula is C27H21BrN2O5. The van der Waals surface area contributed by atoms with E-state index in [9.17, 15) is 9.59 Å². The zero-order valence-electron chi connectivity index (χ0n) is 18.9. The van der Waals surface area contributed by atoms with Crippen molar-refractivity contribution in [3.63, 3.8) is 0 Å². The minimum Gasteiger partial charge on any atom is -0.497 e. The highest BCUT2D eigenvalue weighted by atomic mass is 79.9. The molecule has 0 aliphatic carbocycles. The van der Waals surface area contributed by atoms with Crippen molar-refractivity contribution in [2.24, 2.45) is 5.10 Å². The van der Waals surface area contributed by atoms with E-state index >= 15 is 0 Å². The van der Waals surface area contributed by atoms with Gasteiger partial charge in [0.1, 0.15) is 5.75 Å². The van der Waals surface area contributed by atoms with Gasteiger partial charge in [-0.2, -0.15) is 5.10 Å². The number of methoxy groups -OCH3 is 2. The molecule has 0 unspecified atom stereocenters. The summed E-state index contributed by atoms with van der Waals surface area (Å²) in [6, 6.07) is 23.1. The van der Waals surface area contributed by atoms with Crippen LogP contribution in [0.25, 0.3) is 10.8 Å². The number of amides is 1. The van der Waals surface area contributed by atoms with Crippen LogP contribution >= 0.6 is 15.9 Å². The van der Waals surface area contributed by atoms with Crippen LogP contribution in [0, 0.1) is 0 Å². The van der Waals surface area contributed by atoms with E-state index in [0.29, 0.717) is 32.7 Å². The number of halogens is 1. The highest BCUT2D eigenvalue weighted by Gasteiger charge is 2.18. The first kappa shape index (κ1) is 24.0. The number of esters is 1. The number of ether oxygens (including phenoxy) is 3. The molecule has 0 aliphatic heterocycles. The Labute approximate surface area is 210 Å². The second-order valence-corrected chi connectivity index (χ2v) is 8.23. The number of carbonyl (C=O) groups is 2. The quantitative estimate of drug-likeness (QED) is 0.145. The van der Waals surface area contributed by atoms with Crippen LogP contribution < -0.4 is 19.6 Å². The Hall–Kier alpha value is -4.17. The number of rotatable bonds is 7. The van der Waals surface area contributed by atoms with Gasteiger partial charge in [0.25, 0.3) is 5.91 Å². The monoisotopic (exact) mass is 532 g/mol. The molecular weight excluding hydrogens is 512 g/mol. The van der Waals surface area contributed by atoms with Gasteiger partial charge < -0.3 is 14.2 Å². The fourth-order valence-corrected chi connectivity index (χ4v) is 3.98. The third kappa shape index (κ3) is 5.50. The van der Waals surface area contributed by atoms with Crippen molar-refractivity contribution in [2.45, 2.75) is 0 Å². The Morgan fingerprint density at radius 3 is 2.40 bits per heavy atom. The van der Waals surface area contributed by atoms with E-state index in [1.165, 1.54) is 13.3 Å². The normalized spacial score (nSPS) is 10.8. The van der Waals surface area contributed by atoms with Crippen LogP contribution in [-0.4, -0.2) is 32.3 Å². The number of hydrogen-bond donors (Lipinski definition) is 1. The first-order chi connectivity index (χ1) is 17.0. The molecule has 35 heavy (non-hydrogen) atoms. The molecule has 0 aliphatic rings. The van der Waals surface area contributed by atoms with Gasteiger partial charge in [-0.1, -0.05) is 36.4 Å². The highest BCUT2D eigenvalue weighted by Crippen LogP contribution is 2.37. The molecule has 4 rings (SSSR count). The number of nitrogens with zero attached hydrogens (tertiary/aromatic N) is 1. The van der Waals surface area contributed by atoms with E-state index in [1.54, 1.807) is 49.6 Å². The predicted octanol–water partition coefficient (Wildman–Crippen LogP) is 5.60. The van der Waals surface area contributed by atoms with Crippen molar-refractivity contribution in [3.8, 4) is 17.2 Å². The summed E-state index contributed by atoms with van der Waals surface area (Å²) in [6.45, 7) is 0. The standard InChI is InChI=1S/C27H21BrN2O5/c1-33-20-12-10-19(11-13-20)26(31)30-29-16-17-14-23(28)25(24(15-17)34-2)35-27(32)22-9-5-7-18-6-3-4-8-21(18)22/h3-16H,1-2H3,(H,30,31)/b29-16-. The number of hydrazone groups is 1. The second kappa shape index (κ2) is 10.8. The predicted molar refractivity (Wildman–Crippen MR) is 138 cm³/mol. The van der Waals surface area contributed by atoms with Gasteiger partial charge in [-0.15, -0.1) is 0 Å². The number of carbonyl (C=O) groups excluding carboxylic acids is 2. The molecule has 1 amide bonds. The first-order valence-corrected chi connectivity index (χ1v) is 11.3. The van der Waals surface area contributed by atoms with Gasteiger partial charge >= 0.3 is 5.97 Å². The third-order valence-electron chi connectivity index (χ3n) is 5.19. The molecule has 0 aromatic heterocycles. The number of benzene rings is 4. The average molecular weight is 533 g/mol. The second-order valence-electron chi connectivity index (χ2n) is 7.38. The summed E-state index contributed by atoms with van der Waals surface area (Å²) in [5.41, 5.74) is 3.98. The SMILES string of the molecule is COc1ccc(C(=O)N/N=C\c2cc(Br)c(OC(=O)c3cccc4ccccc34)c(OC)c2)cc1. The molecule has 0 atom stereocenters. The fourth-order valence-electron chi connectivity index (χ4n) is 3.44. The smallest absolute Gasteiger partial charge is 0.344 e. The van der Waals surface area contributed by atoms with Gasteiger partial charge in [0.2, 0.25) is 0 Å². The largest absolute Gasteiger partial charge is 0.497 e. The van der Waals surface area contributed by atoms with Gasteiger partial charge in [0.05, 0.1) is 30.5 Å². The van der Waals surface area contributed by atoms with Crippen molar-refractivity contribution < 1.29 is 23.8 Å². The van der Waals surface area contributed by atoms with E-state index in [2.05, 4.69) is 26.5 Å². The van der Waals surface area contributed by atoms with Crippen LogP contribution in [0.3, 0.4) is 0 Å². The van der Waals surface area contributed by atoms with Gasteiger partial charge in [0, 0.05) is 5.56 Å². The number of nitrogens with one attached hydrogen (secondary N) is 1. The summed E-state index contributed by atoms with van der Waals surface area (Å²) in [7, 11) is 3.03. The van der Waals surface area contributed by atoms with E-state index in [0.717, 1.165) is 10.8 Å². The molecule has 7 nitrogen and oxygen atoms in total. The van der Waals surface area contributed by atoms with E-state index in [-0.39, 0.29) is 11.7 Å². The summed E-state index contributed by atoms with van der Waals surface area (Å²) in [6.07, 6.45) is 1.46. The van der Waals surface area contributed by atoms with Gasteiger partial charge in [-0.05, 0) is 74.7 Å². The fraction of sp³-hybridized carbons (Fsp3) is 0.0741. The Kier molecular flexibility index (Phi) is 7.42. The summed E-state index contributed by atoms with van der Waals surface area (Å²) < 4.78 is 16.7. The first-order valence-electron chi connectivity index (χ1n) is 10.5. The lowest BCUT2D eigenvalue weighted by Gasteiger charge is -2.13. The van der Waals surface area contributed by atoms with Gasteiger partial charge in [0.15, 0.2) is 11.5 Å². The summed E-state index contributed by atoms with van der Waals surface area (Å²) in [4.78, 5) is 25.2. The molecule has 176 valence electrons. The van der Waals surface area contributed by atoms with E-state index < -0.39 is 5.97 Å². The Bertz CT molecular complexity index is 1410. The third-order valence-corrected chi connectivity index (χ3v) is 5.78. The van der Waals surface area contributed by atoms with Crippen LogP contribution in [0.2, 0.25) is 0 Å². The molecule has 1 N–H and O–H groups in total. The molecule has 0 saturated heterocycles. The van der Waals surface area contributed by atoms with Crippen molar-refractivity contribution in [1.29, 1.82) is 0 Å². The summed E-state index contributed by atoms with van der Waals surface area (Å²) in [5, 5.41) is 5.75. The average Bonchev–Trinajstić information content (AvgIpc) is 2.89. The molecule has 0 fully saturated rings. The molecule has 0 bridgehead atoms. The Morgan fingerprint density at radius 2 is 1.66 bits per heavy atom. The lowest BCUT2D eigenvalue weighted by molar-refractivity contribution is 0.0730. The molecule has 0 heterocycles. The van der Waals surface area contributed by atoms with Crippen molar-refractivity contribution in [1.82, 2.24) is 5.43 Å². The molecule has 0 saturated carbocycles. The van der Waals surface area contributed by atoms with Crippen LogP contribution in [-0.2, 0) is 0 Å². The van der Waals surface area contributed by atoms with E-state index in [4.69, 9.17) is 14.2 Å². The van der Waals surface area contributed by atoms with Crippen LogP contribution in [0.15, 0.2) is 88.4 Å². The summed E-state index contributed by atoms with van der Waals surface area (Å²) >= 11 is 3.44. The van der Waals surface area contributed by atoms with E-state index in [1.807, 2.05) is 36.4 Å². The van der Waals surface area contributed by atoms with Crippen LogP contribution in [0.4, 0.5) is 0 Å². The lowest BCUT2D eigenvalue weighted by atomic mass is 10.0. The molecule has 0 spiro atoms. The number of hydrogen-bond acceptors (Lipinski definition) is 6. The Balaban J connectivity index is 1.50. The molecule has 4 aromatic rings. The topological polar surface area (TPSA) is 86.2 Å². The maximum atomic E-state index is 13.0. The number of fused-ring (bicyclic) bond motifs is 1. The maximum absolute atomic E-state index is 13.0. The minimum absolute atomic E-state index is 0.241. The van der Waals surface area contributed by atoms with Crippen LogP contribution in [0.1, 0.15) is 26.3 Å². The highest BCUT2D eigenvalue weighted by molar-refractivity contribution is 9.10. The van der Waals surface area contributed by atoms with Gasteiger partial charge in [-0.25, -0.2) is 10.2 Å². The molecule has 0 radical (unpaired) electrons. The zero-order valence-corrected chi connectivity index (χ0v) is 20.5. The molecule has 4 aromatic carbocycles. The summed E-state index contributed by atoms with van der Waals surface area (Å²) in [5.74, 6) is 0.355. The maximum Gasteiger partial charge on any atom is 0.344 e. The molecule has 8 heteroatoms. The minimum atomic E-state index is -0.506. The Morgan fingerprint density at radius 1 is 0.914 bits per heavy atom. The van der Waals surface area contributed by atoms with Crippen molar-refractivity contribution >= 4 is 44.8 Å².